The Balaban J connectivity index is 1.92. The van der Waals surface area contributed by atoms with E-state index in [0.717, 1.165) is 6.04 Å². The van der Waals surface area contributed by atoms with Crippen LogP contribution < -0.4 is 5.32 Å². The summed E-state index contributed by atoms with van der Waals surface area (Å²) in [6, 6.07) is 0.866. The van der Waals surface area contributed by atoms with E-state index in [1.54, 1.807) is 0 Å². The van der Waals surface area contributed by atoms with Gasteiger partial charge in [-0.3, -0.25) is 0 Å². The second-order valence-electron chi connectivity index (χ2n) is 7.80. The minimum Gasteiger partial charge on any atom is -0.316 e. The van der Waals surface area contributed by atoms with Gasteiger partial charge in [0.05, 0.1) is 0 Å². The third kappa shape index (κ3) is 5.56. The lowest BCUT2D eigenvalue weighted by Crippen LogP contribution is -2.46. The highest BCUT2D eigenvalue weighted by atomic mass is 15.1. The zero-order chi connectivity index (χ0) is 15.0. The Morgan fingerprint density at radius 1 is 0.952 bits per heavy atom. The normalized spacial score (nSPS) is 24.1. The molecule has 0 amide bonds. The van der Waals surface area contributed by atoms with Crippen molar-refractivity contribution < 1.29 is 0 Å². The first kappa shape index (κ1) is 17.3. The molecule has 0 radical (unpaired) electrons. The molecular weight excluding hydrogens is 256 g/mol. The van der Waals surface area contributed by atoms with E-state index in [2.05, 4.69) is 24.2 Å². The van der Waals surface area contributed by atoms with E-state index in [4.69, 9.17) is 0 Å². The first-order valence-corrected chi connectivity index (χ1v) is 9.67. The number of rotatable bonds is 7. The van der Waals surface area contributed by atoms with Crippen LogP contribution in [0.2, 0.25) is 0 Å². The summed E-state index contributed by atoms with van der Waals surface area (Å²) in [4.78, 5) is 2.73. The van der Waals surface area contributed by atoms with Crippen molar-refractivity contribution in [3.63, 3.8) is 0 Å². The van der Waals surface area contributed by atoms with Crippen molar-refractivity contribution in [2.45, 2.75) is 90.0 Å². The van der Waals surface area contributed by atoms with Gasteiger partial charge in [-0.2, -0.15) is 0 Å². The molecule has 0 saturated heterocycles. The molecule has 2 aliphatic rings. The molecular formula is C19H38N2. The highest BCUT2D eigenvalue weighted by molar-refractivity contribution is 4.88. The van der Waals surface area contributed by atoms with Crippen LogP contribution in [0.1, 0.15) is 84.0 Å². The standard InChI is InChI=1S/C19H38N2/c1-3-15-20-16-19(13-9-4-5-10-14-19)17-21(2)18-11-7-6-8-12-18/h18,20H,3-17H2,1-2H3. The van der Waals surface area contributed by atoms with E-state index in [-0.39, 0.29) is 0 Å². The van der Waals surface area contributed by atoms with Gasteiger partial charge in [0.1, 0.15) is 0 Å². The van der Waals surface area contributed by atoms with Crippen LogP contribution >= 0.6 is 0 Å². The topological polar surface area (TPSA) is 15.3 Å². The molecule has 0 heterocycles. The van der Waals surface area contributed by atoms with E-state index in [0.29, 0.717) is 5.41 Å². The minimum absolute atomic E-state index is 0.553. The van der Waals surface area contributed by atoms with E-state index >= 15 is 0 Å². The van der Waals surface area contributed by atoms with Crippen LogP contribution in [0, 0.1) is 5.41 Å². The van der Waals surface area contributed by atoms with Gasteiger partial charge in [0.15, 0.2) is 0 Å². The van der Waals surface area contributed by atoms with Crippen molar-refractivity contribution in [3.05, 3.63) is 0 Å². The number of hydrogen-bond donors (Lipinski definition) is 1. The van der Waals surface area contributed by atoms with Crippen LogP contribution in [0.15, 0.2) is 0 Å². The zero-order valence-electron chi connectivity index (χ0n) is 14.6. The molecule has 0 spiro atoms. The molecule has 2 aliphatic carbocycles. The van der Waals surface area contributed by atoms with Gasteiger partial charge in [0.25, 0.3) is 0 Å². The van der Waals surface area contributed by atoms with Gasteiger partial charge < -0.3 is 10.2 Å². The molecule has 0 aromatic rings. The number of hydrogen-bond acceptors (Lipinski definition) is 2. The Labute approximate surface area is 133 Å². The molecule has 0 unspecified atom stereocenters. The minimum atomic E-state index is 0.553. The number of nitrogens with zero attached hydrogens (tertiary/aromatic N) is 1. The van der Waals surface area contributed by atoms with Crippen molar-refractivity contribution >= 4 is 0 Å². The summed E-state index contributed by atoms with van der Waals surface area (Å²) in [6.45, 7) is 6.04. The van der Waals surface area contributed by atoms with Gasteiger partial charge in [-0.15, -0.1) is 0 Å². The van der Waals surface area contributed by atoms with Gasteiger partial charge >= 0.3 is 0 Å². The molecule has 2 rings (SSSR count). The lowest BCUT2D eigenvalue weighted by atomic mass is 9.79. The largest absolute Gasteiger partial charge is 0.316 e. The zero-order valence-corrected chi connectivity index (χ0v) is 14.6. The molecule has 2 fully saturated rings. The summed E-state index contributed by atoms with van der Waals surface area (Å²) in [5.74, 6) is 0. The predicted molar refractivity (Wildman–Crippen MR) is 92.8 cm³/mol. The summed E-state index contributed by atoms with van der Waals surface area (Å²) < 4.78 is 0. The van der Waals surface area contributed by atoms with Crippen molar-refractivity contribution in [1.29, 1.82) is 0 Å². The Hall–Kier alpha value is -0.0800. The van der Waals surface area contributed by atoms with Gasteiger partial charge in [-0.1, -0.05) is 51.9 Å². The second kappa shape index (κ2) is 9.15. The molecule has 0 bridgehead atoms. The third-order valence-corrected chi connectivity index (χ3v) is 5.87. The third-order valence-electron chi connectivity index (χ3n) is 5.87. The second-order valence-corrected chi connectivity index (χ2v) is 7.80. The SMILES string of the molecule is CCCNCC1(CN(C)C2CCCCC2)CCCCCC1. The van der Waals surface area contributed by atoms with E-state index in [1.807, 2.05) is 0 Å². The summed E-state index contributed by atoms with van der Waals surface area (Å²) in [7, 11) is 2.41. The Morgan fingerprint density at radius 2 is 1.57 bits per heavy atom. The van der Waals surface area contributed by atoms with Gasteiger partial charge in [0.2, 0.25) is 0 Å². The summed E-state index contributed by atoms with van der Waals surface area (Å²) in [5.41, 5.74) is 0.553. The van der Waals surface area contributed by atoms with Crippen LogP contribution in [-0.4, -0.2) is 37.6 Å². The molecule has 0 aromatic carbocycles. The monoisotopic (exact) mass is 294 g/mol. The highest BCUT2D eigenvalue weighted by Gasteiger charge is 2.33. The number of nitrogens with one attached hydrogen (secondary N) is 1. The van der Waals surface area contributed by atoms with Crippen LogP contribution in [0.5, 0.6) is 0 Å². The summed E-state index contributed by atoms with van der Waals surface area (Å²) in [6.07, 6.45) is 17.2. The molecule has 21 heavy (non-hydrogen) atoms. The van der Waals surface area contributed by atoms with Crippen LogP contribution in [0.25, 0.3) is 0 Å². The van der Waals surface area contributed by atoms with Gasteiger partial charge in [-0.25, -0.2) is 0 Å². The maximum Gasteiger partial charge on any atom is 0.00924 e. The van der Waals surface area contributed by atoms with Gasteiger partial charge in [0, 0.05) is 19.1 Å². The predicted octanol–water partition coefficient (Wildman–Crippen LogP) is 4.59. The lowest BCUT2D eigenvalue weighted by molar-refractivity contribution is 0.0976. The van der Waals surface area contributed by atoms with E-state index < -0.39 is 0 Å². The molecule has 0 atom stereocenters. The molecule has 1 N–H and O–H groups in total. The van der Waals surface area contributed by atoms with Crippen LogP contribution in [0.3, 0.4) is 0 Å². The first-order chi connectivity index (χ1) is 10.3. The Bertz CT molecular complexity index is 263. The maximum absolute atomic E-state index is 3.76. The smallest absolute Gasteiger partial charge is 0.00924 e. The fourth-order valence-corrected chi connectivity index (χ4v) is 4.58. The molecule has 2 nitrogen and oxygen atoms in total. The summed E-state index contributed by atoms with van der Waals surface area (Å²) in [5, 5.41) is 3.76. The van der Waals surface area contributed by atoms with Crippen LogP contribution in [-0.2, 0) is 0 Å². The van der Waals surface area contributed by atoms with Crippen LogP contribution in [0.4, 0.5) is 0 Å². The van der Waals surface area contributed by atoms with E-state index in [9.17, 15) is 0 Å². The molecule has 2 heteroatoms. The Kier molecular flexibility index (Phi) is 7.53. The average molecular weight is 295 g/mol. The van der Waals surface area contributed by atoms with Crippen molar-refractivity contribution in [3.8, 4) is 0 Å². The Morgan fingerprint density at radius 3 is 2.19 bits per heavy atom. The molecule has 2 saturated carbocycles. The van der Waals surface area contributed by atoms with E-state index in [1.165, 1.54) is 96.7 Å². The highest BCUT2D eigenvalue weighted by Crippen LogP contribution is 2.36. The first-order valence-electron chi connectivity index (χ1n) is 9.67. The molecule has 124 valence electrons. The van der Waals surface area contributed by atoms with Crippen molar-refractivity contribution in [2.24, 2.45) is 5.41 Å². The maximum atomic E-state index is 3.76. The van der Waals surface area contributed by atoms with Crippen molar-refractivity contribution in [1.82, 2.24) is 10.2 Å². The molecule has 0 aromatic heterocycles. The molecule has 0 aliphatic heterocycles. The summed E-state index contributed by atoms with van der Waals surface area (Å²) >= 11 is 0. The lowest BCUT2D eigenvalue weighted by Gasteiger charge is -2.41. The quantitative estimate of drug-likeness (QED) is 0.545. The van der Waals surface area contributed by atoms with Crippen molar-refractivity contribution in [2.75, 3.05) is 26.7 Å². The van der Waals surface area contributed by atoms with Gasteiger partial charge in [-0.05, 0) is 51.1 Å². The fourth-order valence-electron chi connectivity index (χ4n) is 4.58. The fraction of sp³-hybridized carbons (Fsp3) is 1.00. The average Bonchev–Trinajstić information content (AvgIpc) is 2.74.